The fraction of sp³-hybridized carbons (Fsp3) is 0.414. The lowest BCUT2D eigenvalue weighted by atomic mass is 9.80. The van der Waals surface area contributed by atoms with E-state index in [9.17, 15) is 50.8 Å². The van der Waals surface area contributed by atoms with E-state index in [0.29, 0.717) is 29.4 Å². The van der Waals surface area contributed by atoms with Crippen LogP contribution in [0, 0.1) is 16.7 Å². The lowest BCUT2D eigenvalue weighted by Crippen LogP contribution is -2.54. The van der Waals surface area contributed by atoms with E-state index < -0.39 is 75.7 Å². The summed E-state index contributed by atoms with van der Waals surface area (Å²) >= 11 is 0. The van der Waals surface area contributed by atoms with Crippen molar-refractivity contribution in [1.82, 2.24) is 10.2 Å². The van der Waals surface area contributed by atoms with Gasteiger partial charge < -0.3 is 20.9 Å². The number of hydrogen-bond donors (Lipinski definition) is 3. The number of halogens is 6. The first-order chi connectivity index (χ1) is 20.3. The number of fused-ring (bicyclic) bond motifs is 2. The number of carbonyl (C=O) groups is 4. The Morgan fingerprint density at radius 1 is 1.00 bits per heavy atom. The van der Waals surface area contributed by atoms with E-state index in [2.05, 4.69) is 10.6 Å². The van der Waals surface area contributed by atoms with Crippen LogP contribution in [0.1, 0.15) is 50.3 Å². The van der Waals surface area contributed by atoms with Crippen LogP contribution in [0.3, 0.4) is 0 Å². The highest BCUT2D eigenvalue weighted by Gasteiger charge is 2.56. The molecule has 2 aromatic rings. The number of rotatable bonds is 4. The van der Waals surface area contributed by atoms with Crippen LogP contribution in [-0.2, 0) is 36.9 Å². The van der Waals surface area contributed by atoms with Crippen LogP contribution in [0.2, 0.25) is 0 Å². The van der Waals surface area contributed by atoms with E-state index in [1.54, 1.807) is 45.0 Å². The van der Waals surface area contributed by atoms with Crippen molar-refractivity contribution in [2.75, 3.05) is 17.2 Å². The number of nitrogens with zero attached hydrogens (tertiary/aromatic N) is 2. The standard InChI is InChI=1S/C29H27F6N5O4/c1-26(2,3)12-20(24(43)40-14-27(11-15(40)13-36)16-7-4-5-10-19(16)38-25(27)44)37-22(41)23(42)39-21-17(28(30,31)32)8-6-9-18(21)29(33,34)35/h4-10,15,20H,11-12,14H2,1-3H3,(H,37,41)(H,38,44)(H,39,42)/t15-,20-,27-/m0/s1. The predicted molar refractivity (Wildman–Crippen MR) is 144 cm³/mol. The van der Waals surface area contributed by atoms with Gasteiger partial charge in [-0.05, 0) is 35.6 Å². The predicted octanol–water partition coefficient (Wildman–Crippen LogP) is 4.60. The molecule has 3 atom stereocenters. The summed E-state index contributed by atoms with van der Waals surface area (Å²) in [5.74, 6) is -4.84. The van der Waals surface area contributed by atoms with Crippen LogP contribution in [0.5, 0.6) is 0 Å². The Kier molecular flexibility index (Phi) is 8.18. The number of nitrogens with one attached hydrogen (secondary N) is 3. The van der Waals surface area contributed by atoms with Crippen molar-refractivity contribution >= 4 is 35.0 Å². The van der Waals surface area contributed by atoms with Crippen LogP contribution in [-0.4, -0.2) is 47.2 Å². The van der Waals surface area contributed by atoms with Gasteiger partial charge in [0, 0.05) is 18.7 Å². The number of hydrogen-bond acceptors (Lipinski definition) is 5. The Bertz CT molecular complexity index is 1530. The molecule has 234 valence electrons. The molecule has 4 amide bonds. The summed E-state index contributed by atoms with van der Waals surface area (Å²) in [7, 11) is 0. The number of benzene rings is 2. The maximum Gasteiger partial charge on any atom is 0.418 e. The number of amides is 4. The van der Waals surface area contributed by atoms with E-state index in [-0.39, 0.29) is 19.4 Å². The monoisotopic (exact) mass is 623 g/mol. The van der Waals surface area contributed by atoms with Crippen molar-refractivity contribution in [3.8, 4) is 6.07 Å². The van der Waals surface area contributed by atoms with Gasteiger partial charge in [0.05, 0.1) is 28.3 Å². The molecule has 4 rings (SSSR count). The van der Waals surface area contributed by atoms with Crippen LogP contribution in [0.25, 0.3) is 0 Å². The second-order valence-corrected chi connectivity index (χ2v) is 11.9. The highest BCUT2D eigenvalue weighted by Crippen LogP contribution is 2.47. The van der Waals surface area contributed by atoms with Gasteiger partial charge in [0.15, 0.2) is 0 Å². The van der Waals surface area contributed by atoms with Crippen molar-refractivity contribution in [1.29, 1.82) is 5.26 Å². The Morgan fingerprint density at radius 3 is 2.14 bits per heavy atom. The van der Waals surface area contributed by atoms with E-state index in [1.165, 1.54) is 5.32 Å². The summed E-state index contributed by atoms with van der Waals surface area (Å²) in [6.07, 6.45) is -10.8. The van der Waals surface area contributed by atoms with Crippen molar-refractivity contribution in [2.45, 2.75) is 63.5 Å². The van der Waals surface area contributed by atoms with Gasteiger partial charge >= 0.3 is 24.2 Å². The zero-order chi connectivity index (χ0) is 32.8. The summed E-state index contributed by atoms with van der Waals surface area (Å²) in [5, 5.41) is 16.2. The molecule has 1 fully saturated rings. The minimum absolute atomic E-state index is 0.0663. The highest BCUT2D eigenvalue weighted by molar-refractivity contribution is 6.40. The molecule has 2 aliphatic heterocycles. The molecule has 1 spiro atoms. The molecule has 2 heterocycles. The maximum absolute atomic E-state index is 13.8. The molecular formula is C29H27F6N5O4. The Labute approximate surface area is 247 Å². The lowest BCUT2D eigenvalue weighted by Gasteiger charge is -2.31. The average molecular weight is 624 g/mol. The summed E-state index contributed by atoms with van der Waals surface area (Å²) < 4.78 is 81.2. The second-order valence-electron chi connectivity index (χ2n) is 11.9. The summed E-state index contributed by atoms with van der Waals surface area (Å²) in [4.78, 5) is 53.7. The van der Waals surface area contributed by atoms with Gasteiger partial charge in [-0.2, -0.15) is 31.6 Å². The first-order valence-corrected chi connectivity index (χ1v) is 13.3. The highest BCUT2D eigenvalue weighted by atomic mass is 19.4. The van der Waals surface area contributed by atoms with Crippen molar-refractivity contribution < 1.29 is 45.5 Å². The summed E-state index contributed by atoms with van der Waals surface area (Å²) in [5.41, 5.74) is -6.21. The SMILES string of the molecule is CC(C)(C)C[C@H](NC(=O)C(=O)Nc1c(C(F)(F)F)cccc1C(F)(F)F)C(=O)N1C[C@]2(C[C@H]1C#N)C(=O)Nc1ccccc12. The van der Waals surface area contributed by atoms with Crippen LogP contribution < -0.4 is 16.0 Å². The summed E-state index contributed by atoms with van der Waals surface area (Å²) in [6.45, 7) is 4.80. The molecule has 0 unspecified atom stereocenters. The number of nitriles is 1. The van der Waals surface area contributed by atoms with E-state index >= 15 is 0 Å². The number of likely N-dealkylation sites (tertiary alicyclic amines) is 1. The Hall–Kier alpha value is -4.61. The molecule has 2 aliphatic rings. The molecule has 0 saturated carbocycles. The normalized spacial score (nSPS) is 20.5. The van der Waals surface area contributed by atoms with E-state index in [4.69, 9.17) is 0 Å². The second kappa shape index (κ2) is 11.1. The fourth-order valence-electron chi connectivity index (χ4n) is 5.55. The third-order valence-corrected chi connectivity index (χ3v) is 7.46. The van der Waals surface area contributed by atoms with Crippen molar-refractivity contribution in [2.24, 2.45) is 5.41 Å². The van der Waals surface area contributed by atoms with Gasteiger partial charge in [0.25, 0.3) is 0 Å². The zero-order valence-electron chi connectivity index (χ0n) is 23.6. The minimum Gasteiger partial charge on any atom is -0.336 e. The third-order valence-electron chi connectivity index (χ3n) is 7.46. The topological polar surface area (TPSA) is 131 Å². The largest absolute Gasteiger partial charge is 0.418 e. The average Bonchev–Trinajstić information content (AvgIpc) is 3.43. The Balaban J connectivity index is 1.62. The minimum atomic E-state index is -5.31. The van der Waals surface area contributed by atoms with Gasteiger partial charge in [-0.1, -0.05) is 45.0 Å². The molecule has 1 saturated heterocycles. The van der Waals surface area contributed by atoms with E-state index in [0.717, 1.165) is 4.90 Å². The number of alkyl halides is 6. The van der Waals surface area contributed by atoms with Gasteiger partial charge in [-0.25, -0.2) is 0 Å². The third kappa shape index (κ3) is 6.20. The quantitative estimate of drug-likeness (QED) is 0.339. The molecule has 0 radical (unpaired) electrons. The van der Waals surface area contributed by atoms with Gasteiger partial charge in [-0.3, -0.25) is 19.2 Å². The Morgan fingerprint density at radius 2 is 1.59 bits per heavy atom. The molecule has 44 heavy (non-hydrogen) atoms. The van der Waals surface area contributed by atoms with Crippen LogP contribution in [0.4, 0.5) is 37.7 Å². The number of carbonyl (C=O) groups excluding carboxylic acids is 4. The lowest BCUT2D eigenvalue weighted by molar-refractivity contribution is -0.142. The molecule has 3 N–H and O–H groups in total. The molecule has 0 bridgehead atoms. The molecular weight excluding hydrogens is 596 g/mol. The van der Waals surface area contributed by atoms with Crippen molar-refractivity contribution in [3.05, 3.63) is 59.2 Å². The molecule has 9 nitrogen and oxygen atoms in total. The van der Waals surface area contributed by atoms with E-state index in [1.807, 2.05) is 6.07 Å². The van der Waals surface area contributed by atoms with Gasteiger partial charge in [0.2, 0.25) is 11.8 Å². The zero-order valence-corrected chi connectivity index (χ0v) is 23.6. The van der Waals surface area contributed by atoms with Gasteiger partial charge in [0.1, 0.15) is 12.1 Å². The number of para-hydroxylation sites is 2. The first-order valence-electron chi connectivity index (χ1n) is 13.3. The first kappa shape index (κ1) is 32.3. The molecule has 15 heteroatoms. The summed E-state index contributed by atoms with van der Waals surface area (Å²) in [6, 6.07) is 7.21. The fourth-order valence-corrected chi connectivity index (χ4v) is 5.55. The molecule has 0 aliphatic carbocycles. The van der Waals surface area contributed by atoms with Crippen LogP contribution in [0.15, 0.2) is 42.5 Å². The van der Waals surface area contributed by atoms with Gasteiger partial charge in [-0.15, -0.1) is 0 Å². The van der Waals surface area contributed by atoms with Crippen LogP contribution >= 0.6 is 0 Å². The number of anilines is 2. The smallest absolute Gasteiger partial charge is 0.336 e. The van der Waals surface area contributed by atoms with Crippen molar-refractivity contribution in [3.63, 3.8) is 0 Å². The molecule has 0 aromatic heterocycles. The maximum atomic E-state index is 13.8. The molecule has 2 aromatic carbocycles.